The van der Waals surface area contributed by atoms with E-state index in [1.165, 1.54) is 5.56 Å². The number of hydrogen-bond acceptors (Lipinski definition) is 4. The third kappa shape index (κ3) is 5.57. The second kappa shape index (κ2) is 10.9. The maximum absolute atomic E-state index is 13.2. The molecule has 5 heteroatoms. The van der Waals surface area contributed by atoms with Gasteiger partial charge in [-0.15, -0.1) is 0 Å². The van der Waals surface area contributed by atoms with E-state index in [4.69, 9.17) is 4.74 Å². The van der Waals surface area contributed by atoms with E-state index in [-0.39, 0.29) is 12.5 Å². The summed E-state index contributed by atoms with van der Waals surface area (Å²) in [6, 6.07) is 34.1. The fourth-order valence-electron chi connectivity index (χ4n) is 4.17. The van der Waals surface area contributed by atoms with Crippen molar-refractivity contribution in [2.24, 2.45) is 0 Å². The molecule has 182 valence electrons. The first kappa shape index (κ1) is 23.9. The van der Waals surface area contributed by atoms with E-state index in [1.807, 2.05) is 72.8 Å². The van der Waals surface area contributed by atoms with Crippen molar-refractivity contribution in [3.05, 3.63) is 131 Å². The Bertz CT molecular complexity index is 1560. The molecule has 0 fully saturated rings. The number of carbonyl (C=O) groups is 2. The third-order valence-electron chi connectivity index (χ3n) is 6.22. The summed E-state index contributed by atoms with van der Waals surface area (Å²) in [6.07, 6.45) is 0.965. The average Bonchev–Trinajstić information content (AvgIpc) is 2.96. The van der Waals surface area contributed by atoms with Crippen LogP contribution in [0.2, 0.25) is 0 Å². The van der Waals surface area contributed by atoms with Crippen LogP contribution in [0, 0.1) is 0 Å². The van der Waals surface area contributed by atoms with Crippen molar-refractivity contribution in [2.45, 2.75) is 20.0 Å². The number of nitrogens with zero attached hydrogens (tertiary/aromatic N) is 1. The number of hydrogen-bond donors (Lipinski definition) is 1. The number of anilines is 1. The molecule has 5 aromatic rings. The number of rotatable bonds is 7. The number of ether oxygens (including phenoxy) is 1. The van der Waals surface area contributed by atoms with E-state index < -0.39 is 5.97 Å². The van der Waals surface area contributed by atoms with Crippen LogP contribution in [0.1, 0.15) is 38.8 Å². The van der Waals surface area contributed by atoms with Gasteiger partial charge in [-0.25, -0.2) is 9.78 Å². The van der Waals surface area contributed by atoms with Gasteiger partial charge in [0, 0.05) is 10.9 Å². The van der Waals surface area contributed by atoms with Gasteiger partial charge in [-0.1, -0.05) is 79.7 Å². The molecule has 0 aliphatic carbocycles. The van der Waals surface area contributed by atoms with Gasteiger partial charge in [-0.3, -0.25) is 4.79 Å². The predicted molar refractivity (Wildman–Crippen MR) is 147 cm³/mol. The molecular formula is C32H26N2O3. The molecule has 5 rings (SSSR count). The molecule has 1 aromatic heterocycles. The quantitative estimate of drug-likeness (QED) is 0.250. The molecule has 0 atom stereocenters. The monoisotopic (exact) mass is 486 g/mol. The highest BCUT2D eigenvalue weighted by Gasteiger charge is 2.14. The second-order valence-electron chi connectivity index (χ2n) is 8.72. The number of benzene rings is 4. The first-order chi connectivity index (χ1) is 18.1. The summed E-state index contributed by atoms with van der Waals surface area (Å²) < 4.78 is 5.43. The molecule has 0 saturated carbocycles. The lowest BCUT2D eigenvalue weighted by Gasteiger charge is -2.11. The topological polar surface area (TPSA) is 68.3 Å². The summed E-state index contributed by atoms with van der Waals surface area (Å²) in [5.74, 6) is -0.192. The Hall–Kier alpha value is -4.77. The van der Waals surface area contributed by atoms with Gasteiger partial charge < -0.3 is 10.1 Å². The van der Waals surface area contributed by atoms with Crippen LogP contribution in [0.25, 0.3) is 22.0 Å². The van der Waals surface area contributed by atoms with Crippen molar-refractivity contribution in [3.63, 3.8) is 0 Å². The minimum absolute atomic E-state index is 0.213. The number of pyridine rings is 1. The molecule has 0 unspecified atom stereocenters. The molecule has 1 heterocycles. The largest absolute Gasteiger partial charge is 0.457 e. The van der Waals surface area contributed by atoms with E-state index in [0.717, 1.165) is 28.5 Å². The van der Waals surface area contributed by atoms with Crippen LogP contribution in [0.4, 0.5) is 5.82 Å². The van der Waals surface area contributed by atoms with E-state index in [2.05, 4.69) is 29.4 Å². The van der Waals surface area contributed by atoms with E-state index in [0.29, 0.717) is 22.5 Å². The van der Waals surface area contributed by atoms with Gasteiger partial charge in [0.2, 0.25) is 0 Å². The van der Waals surface area contributed by atoms with Gasteiger partial charge in [-0.05, 0) is 65.1 Å². The molecule has 4 aromatic carbocycles. The summed E-state index contributed by atoms with van der Waals surface area (Å²) in [7, 11) is 0. The Morgan fingerprint density at radius 1 is 0.784 bits per heavy atom. The lowest BCUT2D eigenvalue weighted by Crippen LogP contribution is -2.14. The highest BCUT2D eigenvalue weighted by atomic mass is 16.5. The van der Waals surface area contributed by atoms with Crippen molar-refractivity contribution in [2.75, 3.05) is 5.32 Å². The molecule has 1 amide bonds. The molecule has 0 saturated heterocycles. The maximum atomic E-state index is 13.2. The lowest BCUT2D eigenvalue weighted by molar-refractivity contribution is 0.0473. The summed E-state index contributed by atoms with van der Waals surface area (Å²) in [6.45, 7) is 2.33. The molecule has 1 N–H and O–H groups in total. The predicted octanol–water partition coefficient (Wildman–Crippen LogP) is 7.07. The van der Waals surface area contributed by atoms with E-state index in [1.54, 1.807) is 24.3 Å². The molecule has 37 heavy (non-hydrogen) atoms. The number of aromatic nitrogens is 1. The zero-order valence-corrected chi connectivity index (χ0v) is 20.5. The van der Waals surface area contributed by atoms with Gasteiger partial charge in [0.25, 0.3) is 5.91 Å². The molecule has 0 bridgehead atoms. The smallest absolute Gasteiger partial charge is 0.338 e. The zero-order chi connectivity index (χ0) is 25.6. The summed E-state index contributed by atoms with van der Waals surface area (Å²) >= 11 is 0. The average molecular weight is 487 g/mol. The number of carbonyl (C=O) groups excluding carboxylic acids is 2. The SMILES string of the molecule is CCc1ccc(-c2ccccc2C(=O)Nc2ccc3cc(C(=O)OCc4ccccc4)ccc3n2)cc1. The van der Waals surface area contributed by atoms with Crippen LogP contribution in [0.3, 0.4) is 0 Å². The van der Waals surface area contributed by atoms with E-state index >= 15 is 0 Å². The standard InChI is InChI=1S/C32H26N2O3/c1-2-22-12-14-24(15-13-22)27-10-6-7-11-28(27)31(35)34-30-19-17-25-20-26(16-18-29(25)33-30)32(36)37-21-23-8-4-3-5-9-23/h3-20H,2,21H2,1H3,(H,33,34,35). The van der Waals surface area contributed by atoms with E-state index in [9.17, 15) is 9.59 Å². The van der Waals surface area contributed by atoms with Crippen LogP contribution in [-0.4, -0.2) is 16.9 Å². The molecule has 0 spiro atoms. The van der Waals surface area contributed by atoms with Gasteiger partial charge in [0.15, 0.2) is 0 Å². The van der Waals surface area contributed by atoms with Crippen molar-refractivity contribution in [1.29, 1.82) is 0 Å². The lowest BCUT2D eigenvalue weighted by atomic mass is 9.98. The van der Waals surface area contributed by atoms with Gasteiger partial charge in [0.05, 0.1) is 11.1 Å². The first-order valence-corrected chi connectivity index (χ1v) is 12.2. The number of nitrogens with one attached hydrogen (secondary N) is 1. The molecule has 5 nitrogen and oxygen atoms in total. The number of esters is 1. The fourth-order valence-corrected chi connectivity index (χ4v) is 4.17. The van der Waals surface area contributed by atoms with Crippen molar-refractivity contribution < 1.29 is 14.3 Å². The van der Waals surface area contributed by atoms with Crippen LogP contribution < -0.4 is 5.32 Å². The van der Waals surface area contributed by atoms with Crippen LogP contribution in [-0.2, 0) is 17.8 Å². The van der Waals surface area contributed by atoms with Gasteiger partial charge in [-0.2, -0.15) is 0 Å². The Morgan fingerprint density at radius 3 is 2.32 bits per heavy atom. The highest BCUT2D eigenvalue weighted by Crippen LogP contribution is 2.25. The van der Waals surface area contributed by atoms with Crippen molar-refractivity contribution >= 4 is 28.6 Å². The molecule has 0 aliphatic heterocycles. The van der Waals surface area contributed by atoms with Gasteiger partial charge >= 0.3 is 5.97 Å². The number of aryl methyl sites for hydroxylation is 1. The maximum Gasteiger partial charge on any atom is 0.338 e. The molecular weight excluding hydrogens is 460 g/mol. The number of fused-ring (bicyclic) bond motifs is 1. The third-order valence-corrected chi connectivity index (χ3v) is 6.22. The molecule has 0 aliphatic rings. The summed E-state index contributed by atoms with van der Waals surface area (Å²) in [5, 5.41) is 3.70. The fraction of sp³-hybridized carbons (Fsp3) is 0.0938. The highest BCUT2D eigenvalue weighted by molar-refractivity contribution is 6.08. The normalized spacial score (nSPS) is 10.7. The second-order valence-corrected chi connectivity index (χ2v) is 8.72. The summed E-state index contributed by atoms with van der Waals surface area (Å²) in [5.41, 5.74) is 5.72. The Morgan fingerprint density at radius 2 is 1.54 bits per heavy atom. The summed E-state index contributed by atoms with van der Waals surface area (Å²) in [4.78, 5) is 30.3. The van der Waals surface area contributed by atoms with Gasteiger partial charge in [0.1, 0.15) is 12.4 Å². The minimum Gasteiger partial charge on any atom is -0.457 e. The Labute approximate surface area is 215 Å². The van der Waals surface area contributed by atoms with Crippen LogP contribution in [0.15, 0.2) is 109 Å². The van der Waals surface area contributed by atoms with Crippen molar-refractivity contribution in [1.82, 2.24) is 4.98 Å². The van der Waals surface area contributed by atoms with Crippen molar-refractivity contribution in [3.8, 4) is 11.1 Å². The minimum atomic E-state index is -0.397. The Balaban J connectivity index is 1.31. The Kier molecular flexibility index (Phi) is 7.04. The van der Waals surface area contributed by atoms with Crippen LogP contribution in [0.5, 0.6) is 0 Å². The zero-order valence-electron chi connectivity index (χ0n) is 20.5. The number of amides is 1. The first-order valence-electron chi connectivity index (χ1n) is 12.2. The van der Waals surface area contributed by atoms with Crippen LogP contribution >= 0.6 is 0 Å². The molecule has 0 radical (unpaired) electrons.